The molecule has 0 saturated heterocycles. The molecule has 0 aliphatic rings. The second-order valence-electron chi connectivity index (χ2n) is 3.99. The minimum absolute atomic E-state index is 0.0649. The molecule has 1 N–H and O–H groups in total. The Morgan fingerprint density at radius 1 is 1.37 bits per heavy atom. The third-order valence-corrected chi connectivity index (χ3v) is 2.64. The Bertz CT molecular complexity index is 586. The number of rotatable bonds is 6. The van der Waals surface area contributed by atoms with Crippen LogP contribution in [0.4, 0.5) is 5.69 Å². The highest BCUT2D eigenvalue weighted by Gasteiger charge is 2.07. The van der Waals surface area contributed by atoms with Gasteiger partial charge in [-0.1, -0.05) is 6.92 Å². The van der Waals surface area contributed by atoms with Gasteiger partial charge in [-0.25, -0.2) is 4.98 Å². The predicted octanol–water partition coefficient (Wildman–Crippen LogP) is 2.13. The van der Waals surface area contributed by atoms with E-state index in [2.05, 4.69) is 10.3 Å². The first kappa shape index (κ1) is 13.2. The first-order chi connectivity index (χ1) is 9.20. The molecule has 2 rings (SSSR count). The van der Waals surface area contributed by atoms with Crippen molar-refractivity contribution in [2.45, 2.75) is 6.92 Å². The molecule has 0 saturated carbocycles. The number of hydrogen-bond donors (Lipinski definition) is 1. The fraction of sp³-hybridized carbons (Fsp3) is 0.308. The summed E-state index contributed by atoms with van der Waals surface area (Å²) >= 11 is 0. The zero-order chi connectivity index (χ0) is 13.7. The van der Waals surface area contributed by atoms with Gasteiger partial charge in [0.25, 0.3) is 5.69 Å². The summed E-state index contributed by atoms with van der Waals surface area (Å²) in [5.41, 5.74) is 0.752. The van der Waals surface area contributed by atoms with E-state index in [0.717, 1.165) is 18.5 Å². The second kappa shape index (κ2) is 6.10. The number of non-ortho nitro benzene ring substituents is 1. The summed E-state index contributed by atoms with van der Waals surface area (Å²) in [5.74, 6) is 0.527. The van der Waals surface area contributed by atoms with Gasteiger partial charge >= 0.3 is 0 Å². The summed E-state index contributed by atoms with van der Waals surface area (Å²) in [7, 11) is 0. The van der Waals surface area contributed by atoms with Crippen LogP contribution in [0, 0.1) is 10.1 Å². The molecule has 0 spiro atoms. The third kappa shape index (κ3) is 3.38. The van der Waals surface area contributed by atoms with Gasteiger partial charge in [-0.3, -0.25) is 10.1 Å². The van der Waals surface area contributed by atoms with Gasteiger partial charge in [-0.05, 0) is 18.7 Å². The van der Waals surface area contributed by atoms with Crippen LogP contribution < -0.4 is 10.1 Å². The van der Waals surface area contributed by atoms with Crippen molar-refractivity contribution in [1.29, 1.82) is 0 Å². The Morgan fingerprint density at radius 2 is 2.21 bits per heavy atom. The molecule has 0 radical (unpaired) electrons. The maximum absolute atomic E-state index is 10.7. The number of nitrogens with zero attached hydrogens (tertiary/aromatic N) is 2. The fourth-order valence-corrected chi connectivity index (χ4v) is 1.69. The molecule has 1 aromatic carbocycles. The fourth-order valence-electron chi connectivity index (χ4n) is 1.69. The van der Waals surface area contributed by atoms with E-state index in [0.29, 0.717) is 18.0 Å². The summed E-state index contributed by atoms with van der Waals surface area (Å²) < 4.78 is 5.49. The zero-order valence-electron chi connectivity index (χ0n) is 10.6. The number of benzene rings is 1. The Morgan fingerprint density at radius 3 is 2.95 bits per heavy atom. The Hall–Kier alpha value is -2.21. The van der Waals surface area contributed by atoms with Crippen molar-refractivity contribution in [3.8, 4) is 5.88 Å². The topological polar surface area (TPSA) is 77.3 Å². The quantitative estimate of drug-likeness (QED) is 0.489. The minimum atomic E-state index is -0.416. The standard InChI is InChI=1S/C13H15N3O3/c1-2-14-7-8-19-13-6-3-10-9-11(16(17)18)4-5-12(10)15-13/h3-6,9,14H,2,7-8H2,1H3. The van der Waals surface area contributed by atoms with Gasteiger partial charge in [0.15, 0.2) is 0 Å². The maximum Gasteiger partial charge on any atom is 0.270 e. The van der Waals surface area contributed by atoms with Gasteiger partial charge in [0.2, 0.25) is 5.88 Å². The molecular formula is C13H15N3O3. The Labute approximate surface area is 110 Å². The van der Waals surface area contributed by atoms with Crippen molar-refractivity contribution >= 4 is 16.6 Å². The lowest BCUT2D eigenvalue weighted by atomic mass is 10.2. The molecule has 2 aromatic rings. The highest BCUT2D eigenvalue weighted by molar-refractivity contribution is 5.81. The summed E-state index contributed by atoms with van der Waals surface area (Å²) in [4.78, 5) is 14.6. The summed E-state index contributed by atoms with van der Waals surface area (Å²) in [6, 6.07) is 8.07. The van der Waals surface area contributed by atoms with Gasteiger partial charge in [-0.2, -0.15) is 0 Å². The van der Waals surface area contributed by atoms with Gasteiger partial charge < -0.3 is 10.1 Å². The van der Waals surface area contributed by atoms with Gasteiger partial charge in [0.1, 0.15) is 6.61 Å². The van der Waals surface area contributed by atoms with Crippen molar-refractivity contribution < 1.29 is 9.66 Å². The van der Waals surface area contributed by atoms with Crippen LogP contribution in [0.2, 0.25) is 0 Å². The van der Waals surface area contributed by atoms with E-state index < -0.39 is 4.92 Å². The zero-order valence-corrected chi connectivity index (χ0v) is 10.6. The molecule has 1 aromatic heterocycles. The van der Waals surface area contributed by atoms with Crippen molar-refractivity contribution in [2.75, 3.05) is 19.7 Å². The summed E-state index contributed by atoms with van der Waals surface area (Å²) in [5, 5.41) is 14.5. The lowest BCUT2D eigenvalue weighted by Gasteiger charge is -2.06. The maximum atomic E-state index is 10.7. The van der Waals surface area contributed by atoms with Gasteiger partial charge in [-0.15, -0.1) is 0 Å². The molecule has 19 heavy (non-hydrogen) atoms. The number of nitro benzene ring substituents is 1. The van der Waals surface area contributed by atoms with E-state index in [4.69, 9.17) is 4.74 Å². The molecule has 0 amide bonds. The molecule has 0 atom stereocenters. The minimum Gasteiger partial charge on any atom is -0.476 e. The van der Waals surface area contributed by atoms with Gasteiger partial charge in [0, 0.05) is 30.1 Å². The first-order valence-electron chi connectivity index (χ1n) is 6.09. The first-order valence-corrected chi connectivity index (χ1v) is 6.09. The molecule has 0 fully saturated rings. The predicted molar refractivity (Wildman–Crippen MR) is 72.4 cm³/mol. The van der Waals surface area contributed by atoms with E-state index >= 15 is 0 Å². The van der Waals surface area contributed by atoms with Crippen LogP contribution in [-0.2, 0) is 0 Å². The largest absolute Gasteiger partial charge is 0.476 e. The van der Waals surface area contributed by atoms with E-state index in [9.17, 15) is 10.1 Å². The molecule has 6 heteroatoms. The number of pyridine rings is 1. The molecule has 0 bridgehead atoms. The normalized spacial score (nSPS) is 10.6. The number of ether oxygens (including phenoxy) is 1. The molecule has 1 heterocycles. The van der Waals surface area contributed by atoms with Crippen LogP contribution in [-0.4, -0.2) is 29.6 Å². The molecule has 0 aliphatic carbocycles. The average molecular weight is 261 g/mol. The SMILES string of the molecule is CCNCCOc1ccc2cc([N+](=O)[O-])ccc2n1. The number of hydrogen-bond acceptors (Lipinski definition) is 5. The monoisotopic (exact) mass is 261 g/mol. The molecular weight excluding hydrogens is 246 g/mol. The number of aromatic nitrogens is 1. The number of nitrogens with one attached hydrogen (secondary N) is 1. The van der Waals surface area contributed by atoms with Crippen molar-refractivity contribution in [1.82, 2.24) is 10.3 Å². The van der Waals surface area contributed by atoms with Crippen LogP contribution in [0.1, 0.15) is 6.92 Å². The van der Waals surface area contributed by atoms with Crippen LogP contribution in [0.15, 0.2) is 30.3 Å². The molecule has 0 aliphatic heterocycles. The Balaban J connectivity index is 2.12. The lowest BCUT2D eigenvalue weighted by molar-refractivity contribution is -0.384. The molecule has 6 nitrogen and oxygen atoms in total. The molecule has 100 valence electrons. The summed E-state index contributed by atoms with van der Waals surface area (Å²) in [6.45, 7) is 4.23. The van der Waals surface area contributed by atoms with Crippen LogP contribution in [0.3, 0.4) is 0 Å². The second-order valence-corrected chi connectivity index (χ2v) is 3.99. The lowest BCUT2D eigenvalue weighted by Crippen LogP contribution is -2.20. The average Bonchev–Trinajstić information content (AvgIpc) is 2.43. The number of likely N-dealkylation sites (N-methyl/N-ethyl adjacent to an activating group) is 1. The van der Waals surface area contributed by atoms with E-state index in [-0.39, 0.29) is 5.69 Å². The summed E-state index contributed by atoms with van der Waals surface area (Å²) in [6.07, 6.45) is 0. The molecule has 0 unspecified atom stereocenters. The highest BCUT2D eigenvalue weighted by Crippen LogP contribution is 2.21. The van der Waals surface area contributed by atoms with Crippen molar-refractivity contribution in [2.24, 2.45) is 0 Å². The number of nitro groups is 1. The van der Waals surface area contributed by atoms with Crippen molar-refractivity contribution in [3.63, 3.8) is 0 Å². The van der Waals surface area contributed by atoms with E-state index in [1.807, 2.05) is 6.92 Å². The van der Waals surface area contributed by atoms with Gasteiger partial charge in [0.05, 0.1) is 10.4 Å². The van der Waals surface area contributed by atoms with Crippen LogP contribution >= 0.6 is 0 Å². The number of fused-ring (bicyclic) bond motifs is 1. The van der Waals surface area contributed by atoms with E-state index in [1.165, 1.54) is 12.1 Å². The van der Waals surface area contributed by atoms with Crippen molar-refractivity contribution in [3.05, 3.63) is 40.4 Å². The smallest absolute Gasteiger partial charge is 0.270 e. The third-order valence-electron chi connectivity index (χ3n) is 2.64. The van der Waals surface area contributed by atoms with E-state index in [1.54, 1.807) is 18.2 Å². The van der Waals surface area contributed by atoms with Crippen LogP contribution in [0.25, 0.3) is 10.9 Å². The van der Waals surface area contributed by atoms with Crippen LogP contribution in [0.5, 0.6) is 5.88 Å². The Kier molecular flexibility index (Phi) is 4.25. The highest BCUT2D eigenvalue weighted by atomic mass is 16.6.